The molecule has 10 N–H and O–H groups in total. The number of carbonyl (C=O) groups excluding carboxylic acids is 4. The van der Waals surface area contributed by atoms with Crippen molar-refractivity contribution in [3.63, 3.8) is 0 Å². The molecule has 4 amide bonds. The first-order chi connectivity index (χ1) is 19.9. The monoisotopic (exact) mass is 580 g/mol. The number of primary amides is 1. The number of carboxylic acids is 2. The summed E-state index contributed by atoms with van der Waals surface area (Å²) in [6.45, 7) is 0. The predicted molar refractivity (Wildman–Crippen MR) is 150 cm³/mol. The third-order valence-electron chi connectivity index (χ3n) is 6.40. The van der Waals surface area contributed by atoms with Crippen molar-refractivity contribution in [2.45, 2.75) is 49.9 Å². The molecule has 0 aliphatic rings. The van der Waals surface area contributed by atoms with Gasteiger partial charge in [-0.1, -0.05) is 48.5 Å². The molecule has 0 spiro atoms. The van der Waals surface area contributed by atoms with E-state index in [9.17, 15) is 33.9 Å². The Hall–Kier alpha value is -5.24. The molecule has 14 nitrogen and oxygen atoms in total. The maximum Gasteiger partial charge on any atom is 0.326 e. The smallest absolute Gasteiger partial charge is 0.326 e. The molecule has 2 aromatic carbocycles. The van der Waals surface area contributed by atoms with E-state index in [2.05, 4.69) is 20.9 Å². The number of fused-ring (bicyclic) bond motifs is 1. The Morgan fingerprint density at radius 1 is 0.738 bits per heavy atom. The lowest BCUT2D eigenvalue weighted by Gasteiger charge is -2.25. The maximum absolute atomic E-state index is 13.6. The van der Waals surface area contributed by atoms with Gasteiger partial charge in [0.25, 0.3) is 0 Å². The summed E-state index contributed by atoms with van der Waals surface area (Å²) < 4.78 is 0. The number of aliphatic carboxylic acids is 2. The number of nitrogens with one attached hydrogen (secondary N) is 4. The van der Waals surface area contributed by atoms with E-state index in [0.717, 1.165) is 10.9 Å². The van der Waals surface area contributed by atoms with Gasteiger partial charge >= 0.3 is 11.9 Å². The van der Waals surface area contributed by atoms with Gasteiger partial charge in [0.05, 0.1) is 18.9 Å². The van der Waals surface area contributed by atoms with Gasteiger partial charge in [0.2, 0.25) is 23.6 Å². The van der Waals surface area contributed by atoms with Crippen LogP contribution in [0.1, 0.15) is 24.0 Å². The minimum absolute atomic E-state index is 0.0404. The first-order valence-electron chi connectivity index (χ1n) is 12.9. The van der Waals surface area contributed by atoms with Crippen LogP contribution in [0.4, 0.5) is 0 Å². The average Bonchev–Trinajstić information content (AvgIpc) is 3.34. The fraction of sp³-hybridized carbons (Fsp3) is 0.286. The van der Waals surface area contributed by atoms with Crippen LogP contribution in [0.3, 0.4) is 0 Å². The quantitative estimate of drug-likeness (QED) is 0.112. The van der Waals surface area contributed by atoms with E-state index < -0.39 is 72.6 Å². The summed E-state index contributed by atoms with van der Waals surface area (Å²) in [7, 11) is 0. The number of rotatable bonds is 15. The molecule has 1 heterocycles. The summed E-state index contributed by atoms with van der Waals surface area (Å²) in [6, 6.07) is 10.1. The van der Waals surface area contributed by atoms with Crippen molar-refractivity contribution < 1.29 is 39.0 Å². The lowest BCUT2D eigenvalue weighted by Crippen LogP contribution is -2.58. The van der Waals surface area contributed by atoms with Crippen molar-refractivity contribution in [1.29, 1.82) is 0 Å². The Balaban J connectivity index is 1.90. The molecule has 0 saturated heterocycles. The Kier molecular flexibility index (Phi) is 10.7. The van der Waals surface area contributed by atoms with Gasteiger partial charge in [-0.25, -0.2) is 4.79 Å². The Bertz CT molecular complexity index is 1460. The highest BCUT2D eigenvalue weighted by molar-refractivity contribution is 5.96. The molecule has 3 aromatic rings. The van der Waals surface area contributed by atoms with Crippen LogP contribution in [0.25, 0.3) is 10.9 Å². The van der Waals surface area contributed by atoms with Gasteiger partial charge in [-0.2, -0.15) is 0 Å². The summed E-state index contributed by atoms with van der Waals surface area (Å²) in [6.07, 6.45) is 0.197. The van der Waals surface area contributed by atoms with E-state index in [1.807, 2.05) is 18.2 Å². The molecular weight excluding hydrogens is 548 g/mol. The number of benzene rings is 2. The highest BCUT2D eigenvalue weighted by Crippen LogP contribution is 2.19. The molecule has 4 atom stereocenters. The number of H-pyrrole nitrogens is 1. The minimum Gasteiger partial charge on any atom is -0.481 e. The van der Waals surface area contributed by atoms with Gasteiger partial charge in [0, 0.05) is 29.9 Å². The fourth-order valence-corrected chi connectivity index (χ4v) is 4.30. The molecule has 0 fully saturated rings. The zero-order valence-electron chi connectivity index (χ0n) is 22.4. The number of amides is 4. The number of aromatic amines is 1. The average molecular weight is 581 g/mol. The summed E-state index contributed by atoms with van der Waals surface area (Å²) >= 11 is 0. The van der Waals surface area contributed by atoms with Crippen LogP contribution < -0.4 is 27.4 Å². The molecule has 0 aliphatic heterocycles. The number of nitrogens with two attached hydrogens (primary N) is 2. The van der Waals surface area contributed by atoms with Gasteiger partial charge in [-0.15, -0.1) is 0 Å². The maximum atomic E-state index is 13.6. The van der Waals surface area contributed by atoms with Crippen LogP contribution in [0, 0.1) is 0 Å². The summed E-state index contributed by atoms with van der Waals surface area (Å²) in [5, 5.41) is 26.5. The van der Waals surface area contributed by atoms with Crippen molar-refractivity contribution in [3.8, 4) is 0 Å². The normalized spacial score (nSPS) is 13.7. The van der Waals surface area contributed by atoms with Crippen LogP contribution in [-0.4, -0.2) is 74.9 Å². The van der Waals surface area contributed by atoms with Crippen molar-refractivity contribution in [3.05, 3.63) is 71.9 Å². The van der Waals surface area contributed by atoms with Crippen LogP contribution in [0.15, 0.2) is 60.8 Å². The summed E-state index contributed by atoms with van der Waals surface area (Å²) in [5.74, 6) is -6.40. The second-order valence-electron chi connectivity index (χ2n) is 9.65. The molecule has 222 valence electrons. The number of hydrogen-bond acceptors (Lipinski definition) is 7. The third kappa shape index (κ3) is 8.89. The molecule has 3 rings (SSSR count). The molecule has 14 heteroatoms. The molecule has 1 aromatic heterocycles. The fourth-order valence-electron chi connectivity index (χ4n) is 4.30. The molecule has 0 bridgehead atoms. The van der Waals surface area contributed by atoms with Crippen LogP contribution in [0.2, 0.25) is 0 Å². The zero-order valence-corrected chi connectivity index (χ0v) is 22.4. The first-order valence-corrected chi connectivity index (χ1v) is 12.9. The molecule has 4 unspecified atom stereocenters. The van der Waals surface area contributed by atoms with Gasteiger partial charge in [-0.05, 0) is 17.2 Å². The number of carbonyl (C=O) groups is 6. The zero-order chi connectivity index (χ0) is 30.8. The van der Waals surface area contributed by atoms with E-state index >= 15 is 0 Å². The number of para-hydroxylation sites is 1. The van der Waals surface area contributed by atoms with E-state index in [0.29, 0.717) is 11.1 Å². The van der Waals surface area contributed by atoms with E-state index in [1.54, 1.807) is 42.6 Å². The van der Waals surface area contributed by atoms with E-state index in [-0.39, 0.29) is 12.8 Å². The number of carboxylic acid groups (broad SMARTS) is 2. The lowest BCUT2D eigenvalue weighted by atomic mass is 10.0. The van der Waals surface area contributed by atoms with E-state index in [1.165, 1.54) is 0 Å². The van der Waals surface area contributed by atoms with Crippen LogP contribution in [-0.2, 0) is 41.6 Å². The Morgan fingerprint density at radius 2 is 1.31 bits per heavy atom. The van der Waals surface area contributed by atoms with E-state index in [4.69, 9.17) is 16.6 Å². The molecule has 0 saturated carbocycles. The Morgan fingerprint density at radius 3 is 1.93 bits per heavy atom. The highest BCUT2D eigenvalue weighted by atomic mass is 16.4. The van der Waals surface area contributed by atoms with Crippen molar-refractivity contribution in [2.75, 3.05) is 0 Å². The van der Waals surface area contributed by atoms with Crippen molar-refractivity contribution in [2.24, 2.45) is 11.5 Å². The molecule has 0 aliphatic carbocycles. The van der Waals surface area contributed by atoms with Gasteiger partial charge in [0.15, 0.2) is 0 Å². The largest absolute Gasteiger partial charge is 0.481 e. The second kappa shape index (κ2) is 14.4. The Labute approximate surface area is 239 Å². The topological polar surface area (TPSA) is 247 Å². The number of hydrogen-bond donors (Lipinski definition) is 8. The van der Waals surface area contributed by atoms with Gasteiger partial charge < -0.3 is 42.6 Å². The predicted octanol–water partition coefficient (Wildman–Crippen LogP) is -0.830. The standard InChI is InChI=1S/C28H32N6O8/c29-18(12-23(30)35)25(38)32-21(11-16-14-31-19-9-5-4-8-17(16)19)27(40)33-20(10-15-6-2-1-3-7-15)26(39)34-22(28(41)42)13-24(36)37/h1-9,14,18,20-22,31H,10-13,29H2,(H2,30,35)(H,32,38)(H,33,40)(H,34,39)(H,36,37)(H,41,42). The lowest BCUT2D eigenvalue weighted by molar-refractivity contribution is -0.147. The van der Waals surface area contributed by atoms with Gasteiger partial charge in [0.1, 0.15) is 18.1 Å². The molecule has 42 heavy (non-hydrogen) atoms. The number of aromatic nitrogens is 1. The third-order valence-corrected chi connectivity index (χ3v) is 6.40. The van der Waals surface area contributed by atoms with Crippen molar-refractivity contribution in [1.82, 2.24) is 20.9 Å². The highest BCUT2D eigenvalue weighted by Gasteiger charge is 2.32. The van der Waals surface area contributed by atoms with Crippen molar-refractivity contribution >= 4 is 46.5 Å². The van der Waals surface area contributed by atoms with Gasteiger partial charge in [-0.3, -0.25) is 24.0 Å². The summed E-state index contributed by atoms with van der Waals surface area (Å²) in [5.41, 5.74) is 13.0. The molecule has 0 radical (unpaired) electrons. The molecular formula is C28H32N6O8. The summed E-state index contributed by atoms with van der Waals surface area (Å²) in [4.78, 5) is 76.7. The SMILES string of the molecule is NC(=O)CC(N)C(=O)NC(Cc1c[nH]c2ccccc12)C(=O)NC(Cc1ccccc1)C(=O)NC(CC(=O)O)C(=O)O. The second-order valence-corrected chi connectivity index (χ2v) is 9.65. The minimum atomic E-state index is -1.75. The first kappa shape index (κ1) is 31.3. The van der Waals surface area contributed by atoms with Crippen LogP contribution in [0.5, 0.6) is 0 Å². The van der Waals surface area contributed by atoms with Crippen LogP contribution >= 0.6 is 0 Å².